The number of fused-ring (bicyclic) bond motifs is 1. The minimum atomic E-state index is -0.176. The molecule has 0 saturated carbocycles. The van der Waals surface area contributed by atoms with E-state index in [4.69, 9.17) is 9.47 Å². The highest BCUT2D eigenvalue weighted by Crippen LogP contribution is 2.33. The van der Waals surface area contributed by atoms with Crippen LogP contribution in [0.1, 0.15) is 28.0 Å². The Morgan fingerprint density at radius 3 is 2.83 bits per heavy atom. The van der Waals surface area contributed by atoms with E-state index < -0.39 is 0 Å². The zero-order valence-electron chi connectivity index (χ0n) is 16.7. The molecule has 0 N–H and O–H groups in total. The van der Waals surface area contributed by atoms with E-state index in [1.807, 2.05) is 0 Å². The van der Waals surface area contributed by atoms with Crippen LogP contribution in [0.25, 0.3) is 11.4 Å². The molecule has 1 amide bonds. The van der Waals surface area contributed by atoms with E-state index in [0.29, 0.717) is 54.5 Å². The molecule has 1 saturated heterocycles. The molecule has 152 valence electrons. The molecule has 1 fully saturated rings. The van der Waals surface area contributed by atoms with Crippen LogP contribution in [-0.4, -0.2) is 65.1 Å². The lowest BCUT2D eigenvalue weighted by Crippen LogP contribution is -2.37. The van der Waals surface area contributed by atoms with Gasteiger partial charge in [0.25, 0.3) is 5.91 Å². The van der Waals surface area contributed by atoms with Gasteiger partial charge in [-0.25, -0.2) is 9.97 Å². The smallest absolute Gasteiger partial charge is 0.273 e. The van der Waals surface area contributed by atoms with Gasteiger partial charge in [0.2, 0.25) is 0 Å². The van der Waals surface area contributed by atoms with E-state index in [9.17, 15) is 15.3 Å². The first-order valence-electron chi connectivity index (χ1n) is 9.50. The topological polar surface area (TPSA) is 115 Å². The van der Waals surface area contributed by atoms with Crippen LogP contribution in [0, 0.1) is 22.8 Å². The van der Waals surface area contributed by atoms with Crippen molar-refractivity contribution in [2.45, 2.75) is 25.0 Å². The van der Waals surface area contributed by atoms with Crippen molar-refractivity contribution in [3.8, 4) is 29.4 Å². The van der Waals surface area contributed by atoms with Crippen molar-refractivity contribution in [1.82, 2.24) is 19.8 Å². The Morgan fingerprint density at radius 1 is 1.30 bits per heavy atom. The van der Waals surface area contributed by atoms with Crippen molar-refractivity contribution < 1.29 is 14.3 Å². The molecule has 1 aromatic carbocycles. The average Bonchev–Trinajstić information content (AvgIpc) is 3.33. The molecule has 2 atom stereocenters. The maximum absolute atomic E-state index is 13.1. The molecule has 0 spiro atoms. The number of carbonyl (C=O) groups is 1. The molecule has 0 unspecified atom stereocenters. The summed E-state index contributed by atoms with van der Waals surface area (Å²) in [5.41, 5.74) is 2.11. The fourth-order valence-electron chi connectivity index (χ4n) is 4.07. The Bertz CT molecular complexity index is 1070. The number of benzene rings is 1. The zero-order valence-corrected chi connectivity index (χ0v) is 16.7. The molecule has 0 aliphatic carbocycles. The lowest BCUT2D eigenvalue weighted by atomic mass is 10.1. The molecule has 0 bridgehead atoms. The molecule has 0 radical (unpaired) electrons. The summed E-state index contributed by atoms with van der Waals surface area (Å²) in [7, 11) is 3.13. The fraction of sp³-hybridized carbons (Fsp3) is 0.381. The van der Waals surface area contributed by atoms with Crippen molar-refractivity contribution in [2.75, 3.05) is 27.4 Å². The number of nitrogens with zero attached hydrogens (tertiary/aromatic N) is 6. The summed E-state index contributed by atoms with van der Waals surface area (Å²) in [4.78, 5) is 25.5. The lowest BCUT2D eigenvalue weighted by molar-refractivity contribution is 0.0705. The van der Waals surface area contributed by atoms with Crippen LogP contribution in [0.5, 0.6) is 5.75 Å². The predicted octanol–water partition coefficient (Wildman–Crippen LogP) is 1.55. The second-order valence-electron chi connectivity index (χ2n) is 7.28. The van der Waals surface area contributed by atoms with Crippen LogP contribution in [-0.2, 0) is 11.3 Å². The number of likely N-dealkylation sites (tertiary alicyclic amines) is 1. The van der Waals surface area contributed by atoms with Gasteiger partial charge in [-0.05, 0) is 24.6 Å². The fourth-order valence-corrected chi connectivity index (χ4v) is 4.07. The van der Waals surface area contributed by atoms with Gasteiger partial charge in [-0.3, -0.25) is 4.79 Å². The van der Waals surface area contributed by atoms with E-state index in [1.54, 1.807) is 41.3 Å². The molecule has 2 aliphatic heterocycles. The Balaban J connectivity index is 1.62. The van der Waals surface area contributed by atoms with Crippen molar-refractivity contribution >= 4 is 5.91 Å². The summed E-state index contributed by atoms with van der Waals surface area (Å²) in [6.45, 7) is 1.33. The zero-order chi connectivity index (χ0) is 21.3. The summed E-state index contributed by atoms with van der Waals surface area (Å²) >= 11 is 0. The Morgan fingerprint density at radius 2 is 2.13 bits per heavy atom. The van der Waals surface area contributed by atoms with Gasteiger partial charge in [-0.2, -0.15) is 10.5 Å². The number of amides is 1. The van der Waals surface area contributed by atoms with Crippen molar-refractivity contribution in [2.24, 2.45) is 0 Å². The first kappa shape index (κ1) is 19.6. The summed E-state index contributed by atoms with van der Waals surface area (Å²) in [6, 6.07) is 6.94. The van der Waals surface area contributed by atoms with Crippen LogP contribution >= 0.6 is 0 Å². The Labute approximate surface area is 174 Å². The Kier molecular flexibility index (Phi) is 5.21. The molecule has 30 heavy (non-hydrogen) atoms. The number of methoxy groups -OCH3 is 2. The molecule has 3 heterocycles. The SMILES string of the molecule is COC[C@@H]1C[C@@H](N2Cc3cnc(-c4cc(C#N)ccc4OC)nc3C2=O)CN1C#N. The maximum Gasteiger partial charge on any atom is 0.273 e. The highest BCUT2D eigenvalue weighted by atomic mass is 16.5. The highest BCUT2D eigenvalue weighted by Gasteiger charge is 2.41. The average molecular weight is 404 g/mol. The number of hydrogen-bond donors (Lipinski definition) is 0. The Hall–Kier alpha value is -3.69. The molecule has 9 nitrogen and oxygen atoms in total. The third-order valence-electron chi connectivity index (χ3n) is 5.56. The number of aromatic nitrogens is 2. The van der Waals surface area contributed by atoms with Crippen LogP contribution < -0.4 is 4.74 Å². The van der Waals surface area contributed by atoms with E-state index in [0.717, 1.165) is 5.56 Å². The number of carbonyl (C=O) groups excluding carboxylic acids is 1. The predicted molar refractivity (Wildman–Crippen MR) is 105 cm³/mol. The second kappa shape index (κ2) is 7.97. The molecular weight excluding hydrogens is 384 g/mol. The van der Waals surface area contributed by atoms with E-state index >= 15 is 0 Å². The summed E-state index contributed by atoms with van der Waals surface area (Å²) in [5.74, 6) is 0.685. The van der Waals surface area contributed by atoms with Gasteiger partial charge in [0.15, 0.2) is 12.0 Å². The minimum absolute atomic E-state index is 0.0406. The molecule has 9 heteroatoms. The standard InChI is InChI=1S/C21H20N6O3/c1-29-11-16-6-15(10-26(16)12-23)27-9-14-8-24-20(25-19(14)21(27)28)17-5-13(7-22)3-4-18(17)30-2/h3-5,8,15-16H,6,9-11H2,1-2H3/t15-,16+/m1/s1. The number of hydrogen-bond acceptors (Lipinski definition) is 8. The molecular formula is C21H20N6O3. The van der Waals surface area contributed by atoms with Crippen LogP contribution in [0.15, 0.2) is 24.4 Å². The maximum atomic E-state index is 13.1. The van der Waals surface area contributed by atoms with Crippen molar-refractivity contribution in [3.05, 3.63) is 41.2 Å². The molecule has 4 rings (SSSR count). The van der Waals surface area contributed by atoms with Crippen LogP contribution in [0.2, 0.25) is 0 Å². The monoisotopic (exact) mass is 404 g/mol. The normalized spacial score (nSPS) is 20.1. The van der Waals surface area contributed by atoms with Gasteiger partial charge < -0.3 is 19.3 Å². The lowest BCUT2D eigenvalue weighted by Gasteiger charge is -2.22. The minimum Gasteiger partial charge on any atom is -0.496 e. The molecule has 1 aromatic heterocycles. The van der Waals surface area contributed by atoms with Gasteiger partial charge >= 0.3 is 0 Å². The molecule has 2 aromatic rings. The van der Waals surface area contributed by atoms with Gasteiger partial charge in [0.05, 0.1) is 49.5 Å². The summed E-state index contributed by atoms with van der Waals surface area (Å²) < 4.78 is 10.6. The van der Waals surface area contributed by atoms with E-state index in [-0.39, 0.29) is 18.0 Å². The summed E-state index contributed by atoms with van der Waals surface area (Å²) in [6.07, 6.45) is 4.51. The first-order valence-corrected chi connectivity index (χ1v) is 9.50. The third-order valence-corrected chi connectivity index (χ3v) is 5.56. The van der Waals surface area contributed by atoms with Crippen LogP contribution in [0.3, 0.4) is 0 Å². The second-order valence-corrected chi connectivity index (χ2v) is 7.28. The van der Waals surface area contributed by atoms with Crippen molar-refractivity contribution in [3.63, 3.8) is 0 Å². The quantitative estimate of drug-likeness (QED) is 0.690. The van der Waals surface area contributed by atoms with Gasteiger partial charge in [-0.1, -0.05) is 0 Å². The first-order chi connectivity index (χ1) is 14.6. The third kappa shape index (κ3) is 3.30. The summed E-state index contributed by atoms with van der Waals surface area (Å²) in [5, 5.41) is 18.6. The van der Waals surface area contributed by atoms with Crippen molar-refractivity contribution in [1.29, 1.82) is 10.5 Å². The van der Waals surface area contributed by atoms with Crippen LogP contribution in [0.4, 0.5) is 0 Å². The number of rotatable bonds is 5. The van der Waals surface area contributed by atoms with E-state index in [2.05, 4.69) is 22.2 Å². The van der Waals surface area contributed by atoms with Gasteiger partial charge in [0, 0.05) is 25.4 Å². The number of ether oxygens (including phenoxy) is 2. The molecule has 2 aliphatic rings. The van der Waals surface area contributed by atoms with Gasteiger partial charge in [0.1, 0.15) is 11.4 Å². The van der Waals surface area contributed by atoms with Gasteiger partial charge in [-0.15, -0.1) is 0 Å². The largest absolute Gasteiger partial charge is 0.496 e. The number of nitriles is 2. The van der Waals surface area contributed by atoms with E-state index in [1.165, 1.54) is 7.11 Å². The highest BCUT2D eigenvalue weighted by molar-refractivity contribution is 5.97.